The fourth-order valence-electron chi connectivity index (χ4n) is 2.80. The van der Waals surface area contributed by atoms with Crippen LogP contribution in [0.2, 0.25) is 0 Å². The van der Waals surface area contributed by atoms with E-state index in [9.17, 15) is 14.4 Å². The highest BCUT2D eigenvalue weighted by molar-refractivity contribution is 5.82. The topological polar surface area (TPSA) is 72.9 Å². The fraction of sp³-hybridized carbons (Fsp3) is 0.812. The molecule has 1 amide bonds. The first-order valence-corrected chi connectivity index (χ1v) is 7.98. The molecule has 0 heterocycles. The summed E-state index contributed by atoms with van der Waals surface area (Å²) < 4.78 is 9.18. The van der Waals surface area contributed by atoms with Gasteiger partial charge in [0.25, 0.3) is 0 Å². The largest absolute Gasteiger partial charge is 0.469 e. The number of amides is 1. The molecule has 1 aliphatic carbocycles. The molecule has 1 saturated carbocycles. The number of hydrogen-bond donors (Lipinski definition) is 0. The van der Waals surface area contributed by atoms with Crippen LogP contribution in [0, 0.1) is 5.92 Å². The van der Waals surface area contributed by atoms with Crippen molar-refractivity contribution in [2.45, 2.75) is 51.4 Å². The maximum absolute atomic E-state index is 12.3. The van der Waals surface area contributed by atoms with E-state index in [-0.39, 0.29) is 25.4 Å². The average Bonchev–Trinajstić information content (AvgIpc) is 2.56. The van der Waals surface area contributed by atoms with Crippen LogP contribution in [0.1, 0.15) is 51.4 Å². The molecule has 1 rings (SSSR count). The van der Waals surface area contributed by atoms with Gasteiger partial charge in [-0.1, -0.05) is 32.1 Å². The zero-order valence-electron chi connectivity index (χ0n) is 13.6. The van der Waals surface area contributed by atoms with Crippen LogP contribution in [0.5, 0.6) is 0 Å². The van der Waals surface area contributed by atoms with Gasteiger partial charge >= 0.3 is 11.9 Å². The highest BCUT2D eigenvalue weighted by atomic mass is 16.5. The normalized spacial score (nSPS) is 15.2. The summed E-state index contributed by atoms with van der Waals surface area (Å²) in [5, 5.41) is 0. The number of carbonyl (C=O) groups excluding carboxylic acids is 3. The van der Waals surface area contributed by atoms with Crippen molar-refractivity contribution in [3.8, 4) is 0 Å². The Balaban J connectivity index is 2.46. The van der Waals surface area contributed by atoms with E-state index in [0.717, 1.165) is 6.42 Å². The van der Waals surface area contributed by atoms with Crippen LogP contribution in [0.25, 0.3) is 0 Å². The molecule has 6 heteroatoms. The Morgan fingerprint density at radius 3 is 2.18 bits per heavy atom. The fourth-order valence-corrected chi connectivity index (χ4v) is 2.80. The van der Waals surface area contributed by atoms with E-state index < -0.39 is 11.9 Å². The number of methoxy groups -OCH3 is 2. The van der Waals surface area contributed by atoms with Crippen molar-refractivity contribution in [3.05, 3.63) is 0 Å². The minimum Gasteiger partial charge on any atom is -0.469 e. The van der Waals surface area contributed by atoms with E-state index in [4.69, 9.17) is 0 Å². The second kappa shape index (κ2) is 10.2. The second-order valence-corrected chi connectivity index (χ2v) is 5.76. The van der Waals surface area contributed by atoms with Gasteiger partial charge in [-0.15, -0.1) is 0 Å². The lowest BCUT2D eigenvalue weighted by Crippen LogP contribution is -2.38. The van der Waals surface area contributed by atoms with Crippen LogP contribution in [-0.4, -0.2) is 50.1 Å². The van der Waals surface area contributed by atoms with Crippen LogP contribution in [0.3, 0.4) is 0 Å². The molecule has 0 atom stereocenters. The summed E-state index contributed by atoms with van der Waals surface area (Å²) in [5.41, 5.74) is 0. The quantitative estimate of drug-likeness (QED) is 0.640. The molecule has 0 spiro atoms. The molecule has 6 nitrogen and oxygen atoms in total. The zero-order chi connectivity index (χ0) is 16.4. The number of esters is 2. The van der Waals surface area contributed by atoms with E-state index in [1.54, 1.807) is 0 Å². The van der Waals surface area contributed by atoms with Crippen molar-refractivity contribution in [1.29, 1.82) is 0 Å². The maximum Gasteiger partial charge on any atom is 0.325 e. The molecule has 0 aromatic carbocycles. The SMILES string of the molecule is COC(=O)CCN(CC(=O)OC)C(=O)CCC1CCCCC1. The maximum atomic E-state index is 12.3. The molecule has 0 N–H and O–H groups in total. The van der Waals surface area contributed by atoms with Crippen molar-refractivity contribution in [2.75, 3.05) is 27.3 Å². The first-order valence-electron chi connectivity index (χ1n) is 7.98. The molecule has 126 valence electrons. The molecular weight excluding hydrogens is 286 g/mol. The van der Waals surface area contributed by atoms with Gasteiger partial charge in [-0.25, -0.2) is 0 Å². The van der Waals surface area contributed by atoms with Gasteiger partial charge in [-0.3, -0.25) is 14.4 Å². The van der Waals surface area contributed by atoms with Crippen LogP contribution in [-0.2, 0) is 23.9 Å². The Morgan fingerprint density at radius 2 is 1.59 bits per heavy atom. The molecule has 0 aromatic rings. The lowest BCUT2D eigenvalue weighted by molar-refractivity contribution is -0.148. The first-order chi connectivity index (χ1) is 10.6. The van der Waals surface area contributed by atoms with E-state index in [1.165, 1.54) is 51.2 Å². The summed E-state index contributed by atoms with van der Waals surface area (Å²) in [6.45, 7) is 0.0717. The summed E-state index contributed by atoms with van der Waals surface area (Å²) in [6, 6.07) is 0. The van der Waals surface area contributed by atoms with Gasteiger partial charge in [0.2, 0.25) is 5.91 Å². The Bertz CT molecular complexity index is 377. The third kappa shape index (κ3) is 6.91. The van der Waals surface area contributed by atoms with Gasteiger partial charge in [-0.05, 0) is 12.3 Å². The molecule has 0 unspecified atom stereocenters. The summed E-state index contributed by atoms with van der Waals surface area (Å²) in [5.74, 6) is -0.357. The molecule has 0 radical (unpaired) electrons. The predicted molar refractivity (Wildman–Crippen MR) is 81.0 cm³/mol. The van der Waals surface area contributed by atoms with Crippen LogP contribution in [0.4, 0.5) is 0 Å². The van der Waals surface area contributed by atoms with Crippen LogP contribution in [0.15, 0.2) is 0 Å². The van der Waals surface area contributed by atoms with Gasteiger partial charge in [0, 0.05) is 13.0 Å². The van der Waals surface area contributed by atoms with Crippen molar-refractivity contribution in [3.63, 3.8) is 0 Å². The highest BCUT2D eigenvalue weighted by Crippen LogP contribution is 2.27. The Labute approximate surface area is 132 Å². The highest BCUT2D eigenvalue weighted by Gasteiger charge is 2.21. The molecule has 0 aromatic heterocycles. The molecular formula is C16H27NO5. The second-order valence-electron chi connectivity index (χ2n) is 5.76. The molecule has 1 fully saturated rings. The standard InChI is InChI=1S/C16H27NO5/c1-21-15(19)10-11-17(12-16(20)22-2)14(18)9-8-13-6-4-3-5-7-13/h13H,3-12H2,1-2H3. The van der Waals surface area contributed by atoms with Crippen molar-refractivity contribution in [1.82, 2.24) is 4.90 Å². The van der Waals surface area contributed by atoms with Gasteiger partial charge in [0.15, 0.2) is 0 Å². The molecule has 0 bridgehead atoms. The van der Waals surface area contributed by atoms with Gasteiger partial charge in [0.1, 0.15) is 6.54 Å². The number of nitrogens with zero attached hydrogens (tertiary/aromatic N) is 1. The van der Waals surface area contributed by atoms with Crippen LogP contribution < -0.4 is 0 Å². The van der Waals surface area contributed by atoms with Crippen molar-refractivity contribution in [2.24, 2.45) is 5.92 Å². The minimum absolute atomic E-state index is 0.0860. The lowest BCUT2D eigenvalue weighted by atomic mass is 9.86. The predicted octanol–water partition coefficient (Wildman–Crippen LogP) is 1.91. The number of carbonyl (C=O) groups is 3. The van der Waals surface area contributed by atoms with Gasteiger partial charge in [-0.2, -0.15) is 0 Å². The number of rotatable bonds is 8. The van der Waals surface area contributed by atoms with E-state index in [0.29, 0.717) is 12.3 Å². The van der Waals surface area contributed by atoms with Crippen molar-refractivity contribution < 1.29 is 23.9 Å². The summed E-state index contributed by atoms with van der Waals surface area (Å²) in [7, 11) is 2.59. The lowest BCUT2D eigenvalue weighted by Gasteiger charge is -2.24. The molecule has 0 aliphatic heterocycles. The average molecular weight is 313 g/mol. The summed E-state index contributed by atoms with van der Waals surface area (Å²) >= 11 is 0. The smallest absolute Gasteiger partial charge is 0.325 e. The van der Waals surface area contributed by atoms with Gasteiger partial charge in [0.05, 0.1) is 20.6 Å². The van der Waals surface area contributed by atoms with Crippen molar-refractivity contribution >= 4 is 17.8 Å². The van der Waals surface area contributed by atoms with Gasteiger partial charge < -0.3 is 14.4 Å². The van der Waals surface area contributed by atoms with E-state index in [1.807, 2.05) is 0 Å². The Hall–Kier alpha value is -1.59. The van der Waals surface area contributed by atoms with E-state index >= 15 is 0 Å². The first kappa shape index (κ1) is 18.5. The Kier molecular flexibility index (Phi) is 8.55. The minimum atomic E-state index is -0.476. The summed E-state index contributed by atoms with van der Waals surface area (Å²) in [6.07, 6.45) is 7.51. The molecule has 0 saturated heterocycles. The van der Waals surface area contributed by atoms with E-state index in [2.05, 4.69) is 9.47 Å². The number of hydrogen-bond acceptors (Lipinski definition) is 5. The molecule has 22 heavy (non-hydrogen) atoms. The third-order valence-electron chi connectivity index (χ3n) is 4.21. The Morgan fingerprint density at radius 1 is 0.955 bits per heavy atom. The van der Waals surface area contributed by atoms with Crippen LogP contribution >= 0.6 is 0 Å². The zero-order valence-corrected chi connectivity index (χ0v) is 13.6. The monoisotopic (exact) mass is 313 g/mol. The third-order valence-corrected chi connectivity index (χ3v) is 4.21. The molecule has 1 aliphatic rings. The number of ether oxygens (including phenoxy) is 2. The summed E-state index contributed by atoms with van der Waals surface area (Å²) in [4.78, 5) is 36.3.